The predicted octanol–water partition coefficient (Wildman–Crippen LogP) is 3.90. The molecule has 3 heterocycles. The summed E-state index contributed by atoms with van der Waals surface area (Å²) in [6, 6.07) is 8.30. The van der Waals surface area contributed by atoms with Crippen molar-refractivity contribution in [3.05, 3.63) is 53.3 Å². The van der Waals surface area contributed by atoms with Crippen LogP contribution in [0.25, 0.3) is 0 Å². The van der Waals surface area contributed by atoms with E-state index in [9.17, 15) is 4.79 Å². The minimum absolute atomic E-state index is 0.137. The summed E-state index contributed by atoms with van der Waals surface area (Å²) >= 11 is 0. The van der Waals surface area contributed by atoms with Crippen LogP contribution in [0.1, 0.15) is 53.6 Å². The van der Waals surface area contributed by atoms with E-state index in [1.54, 1.807) is 18.5 Å². The van der Waals surface area contributed by atoms with Crippen LogP contribution < -0.4 is 10.1 Å². The Labute approximate surface area is 171 Å². The highest BCUT2D eigenvalue weighted by molar-refractivity contribution is 6.05. The minimum atomic E-state index is -0.494. The lowest BCUT2D eigenvalue weighted by molar-refractivity contribution is -0.231. The average Bonchev–Trinajstić information content (AvgIpc) is 2.69. The number of anilines is 1. The molecule has 6 nitrogen and oxygen atoms in total. The third-order valence-electron chi connectivity index (χ3n) is 6.52. The van der Waals surface area contributed by atoms with Crippen LogP contribution in [0.15, 0.2) is 36.7 Å². The van der Waals surface area contributed by atoms with Gasteiger partial charge in [-0.05, 0) is 49.6 Å². The number of piperidine rings is 1. The molecule has 0 unspecified atom stereocenters. The fourth-order valence-electron chi connectivity index (χ4n) is 4.46. The van der Waals surface area contributed by atoms with E-state index in [1.807, 2.05) is 25.1 Å². The number of pyridine rings is 1. The van der Waals surface area contributed by atoms with E-state index < -0.39 is 5.79 Å². The Balaban J connectivity index is 1.25. The Bertz CT molecular complexity index is 917. The number of aromatic nitrogens is 1. The van der Waals surface area contributed by atoms with Gasteiger partial charge in [0.2, 0.25) is 5.79 Å². The third-order valence-corrected chi connectivity index (χ3v) is 6.52. The standard InChI is InChI=1S/C23H27N3O3/c1-16-14-24-10-7-20(16)22(27)25-18-5-6-21-17(13-18)15-28-23(29-21)8-11-26(12-9-23)19-3-2-4-19/h5-7,10,13-14,19H,2-4,8-9,11-12,15H2,1H3,(H,25,27). The summed E-state index contributed by atoms with van der Waals surface area (Å²) in [5, 5.41) is 2.97. The van der Waals surface area contributed by atoms with Gasteiger partial charge in [-0.25, -0.2) is 0 Å². The molecule has 1 aliphatic carbocycles. The van der Waals surface area contributed by atoms with Crippen molar-refractivity contribution in [2.45, 2.75) is 57.5 Å². The normalized spacial score (nSPS) is 21.1. The van der Waals surface area contributed by atoms with E-state index in [-0.39, 0.29) is 5.91 Å². The number of hydrogen-bond acceptors (Lipinski definition) is 5. The van der Waals surface area contributed by atoms with Crippen molar-refractivity contribution in [3.8, 4) is 5.75 Å². The first-order valence-electron chi connectivity index (χ1n) is 10.5. The first kappa shape index (κ1) is 18.6. The predicted molar refractivity (Wildman–Crippen MR) is 110 cm³/mol. The summed E-state index contributed by atoms with van der Waals surface area (Å²) in [7, 11) is 0. The fourth-order valence-corrected chi connectivity index (χ4v) is 4.46. The molecule has 0 bridgehead atoms. The number of benzene rings is 1. The van der Waals surface area contributed by atoms with Crippen molar-refractivity contribution >= 4 is 11.6 Å². The highest BCUT2D eigenvalue weighted by atomic mass is 16.7. The van der Waals surface area contributed by atoms with Gasteiger partial charge in [-0.15, -0.1) is 0 Å². The van der Waals surface area contributed by atoms with E-state index in [1.165, 1.54) is 19.3 Å². The second-order valence-corrected chi connectivity index (χ2v) is 8.39. The third kappa shape index (κ3) is 3.63. The number of carbonyl (C=O) groups excluding carboxylic acids is 1. The highest BCUT2D eigenvalue weighted by Crippen LogP contribution is 2.40. The Hall–Kier alpha value is -2.44. The molecule has 1 amide bonds. The zero-order chi connectivity index (χ0) is 19.8. The molecule has 152 valence electrons. The van der Waals surface area contributed by atoms with Crippen LogP contribution in [0.3, 0.4) is 0 Å². The molecule has 29 heavy (non-hydrogen) atoms. The second-order valence-electron chi connectivity index (χ2n) is 8.39. The fraction of sp³-hybridized carbons (Fsp3) is 0.478. The summed E-state index contributed by atoms with van der Waals surface area (Å²) in [5.41, 5.74) is 3.20. The van der Waals surface area contributed by atoms with Crippen LogP contribution in [0.2, 0.25) is 0 Å². The summed E-state index contributed by atoms with van der Waals surface area (Å²) in [4.78, 5) is 19.2. The Morgan fingerprint density at radius 2 is 2.07 bits per heavy atom. The molecule has 1 aromatic carbocycles. The molecule has 2 aliphatic heterocycles. The smallest absolute Gasteiger partial charge is 0.256 e. The largest absolute Gasteiger partial charge is 0.462 e. The average molecular weight is 393 g/mol. The number of likely N-dealkylation sites (tertiary alicyclic amines) is 1. The Morgan fingerprint density at radius 1 is 1.24 bits per heavy atom. The van der Waals surface area contributed by atoms with E-state index in [4.69, 9.17) is 9.47 Å². The number of amides is 1. The van der Waals surface area contributed by atoms with Crippen molar-refractivity contribution in [1.82, 2.24) is 9.88 Å². The molecule has 1 saturated carbocycles. The van der Waals surface area contributed by atoms with Crippen molar-refractivity contribution < 1.29 is 14.3 Å². The van der Waals surface area contributed by atoms with Gasteiger partial charge in [0.25, 0.3) is 5.91 Å². The van der Waals surface area contributed by atoms with E-state index in [2.05, 4.69) is 15.2 Å². The lowest BCUT2D eigenvalue weighted by atomic mass is 9.89. The minimum Gasteiger partial charge on any atom is -0.462 e. The van der Waals surface area contributed by atoms with Gasteiger partial charge in [0.1, 0.15) is 5.75 Å². The molecule has 0 radical (unpaired) electrons. The lowest BCUT2D eigenvalue weighted by Gasteiger charge is -2.47. The number of hydrogen-bond donors (Lipinski definition) is 1. The van der Waals surface area contributed by atoms with Crippen LogP contribution >= 0.6 is 0 Å². The molecule has 0 atom stereocenters. The van der Waals surface area contributed by atoms with Crippen LogP contribution in [0.4, 0.5) is 5.69 Å². The number of rotatable bonds is 3. The highest BCUT2D eigenvalue weighted by Gasteiger charge is 2.42. The van der Waals surface area contributed by atoms with E-state index >= 15 is 0 Å². The number of fused-ring (bicyclic) bond motifs is 1. The lowest BCUT2D eigenvalue weighted by Crippen LogP contribution is -2.54. The molecular weight excluding hydrogens is 366 g/mol. The Kier molecular flexibility index (Phi) is 4.76. The quantitative estimate of drug-likeness (QED) is 0.857. The van der Waals surface area contributed by atoms with Crippen LogP contribution in [0.5, 0.6) is 5.75 Å². The van der Waals surface area contributed by atoms with Gasteiger partial charge < -0.3 is 14.8 Å². The summed E-state index contributed by atoms with van der Waals surface area (Å²) in [6.45, 7) is 4.47. The van der Waals surface area contributed by atoms with E-state index in [0.717, 1.165) is 54.5 Å². The van der Waals surface area contributed by atoms with Crippen LogP contribution in [-0.2, 0) is 11.3 Å². The second kappa shape index (κ2) is 7.43. The van der Waals surface area contributed by atoms with E-state index in [0.29, 0.717) is 12.2 Å². The molecule has 2 aromatic rings. The molecule has 2 fully saturated rings. The molecule has 1 aromatic heterocycles. The first-order valence-corrected chi connectivity index (χ1v) is 10.5. The molecule has 6 heteroatoms. The molecule has 1 saturated heterocycles. The number of ether oxygens (including phenoxy) is 2. The first-order chi connectivity index (χ1) is 14.1. The molecule has 5 rings (SSSR count). The maximum absolute atomic E-state index is 12.6. The van der Waals surface area contributed by atoms with Crippen LogP contribution in [-0.4, -0.2) is 40.7 Å². The maximum atomic E-state index is 12.6. The van der Waals surface area contributed by atoms with Gasteiger partial charge in [-0.3, -0.25) is 14.7 Å². The number of aryl methyl sites for hydroxylation is 1. The monoisotopic (exact) mass is 393 g/mol. The van der Waals surface area contributed by atoms with Gasteiger partial charge in [0, 0.05) is 61.2 Å². The van der Waals surface area contributed by atoms with Crippen LogP contribution in [0, 0.1) is 6.92 Å². The van der Waals surface area contributed by atoms with Gasteiger partial charge >= 0.3 is 0 Å². The molecule has 1 spiro atoms. The zero-order valence-corrected chi connectivity index (χ0v) is 16.8. The number of nitrogens with one attached hydrogen (secondary N) is 1. The van der Waals surface area contributed by atoms with Gasteiger partial charge in [0.15, 0.2) is 0 Å². The summed E-state index contributed by atoms with van der Waals surface area (Å²) in [6.07, 6.45) is 9.18. The zero-order valence-electron chi connectivity index (χ0n) is 16.8. The van der Waals surface area contributed by atoms with Gasteiger partial charge in [0.05, 0.1) is 6.61 Å². The molecular formula is C23H27N3O3. The summed E-state index contributed by atoms with van der Waals surface area (Å²) < 4.78 is 12.5. The van der Waals surface area contributed by atoms with Crippen molar-refractivity contribution in [2.75, 3.05) is 18.4 Å². The van der Waals surface area contributed by atoms with Crippen molar-refractivity contribution in [3.63, 3.8) is 0 Å². The number of nitrogens with zero attached hydrogens (tertiary/aromatic N) is 2. The van der Waals surface area contributed by atoms with Crippen molar-refractivity contribution in [2.24, 2.45) is 0 Å². The summed E-state index contributed by atoms with van der Waals surface area (Å²) in [5.74, 6) is 0.236. The molecule has 1 N–H and O–H groups in total. The Morgan fingerprint density at radius 3 is 2.79 bits per heavy atom. The number of carbonyl (C=O) groups is 1. The van der Waals surface area contributed by atoms with Gasteiger partial charge in [-0.1, -0.05) is 6.42 Å². The topological polar surface area (TPSA) is 63.7 Å². The van der Waals surface area contributed by atoms with Crippen molar-refractivity contribution in [1.29, 1.82) is 0 Å². The SMILES string of the molecule is Cc1cnccc1C(=O)Nc1ccc2c(c1)COC1(CCN(C3CCC3)CC1)O2. The maximum Gasteiger partial charge on any atom is 0.256 e. The molecule has 3 aliphatic rings. The van der Waals surface area contributed by atoms with Gasteiger partial charge in [-0.2, -0.15) is 0 Å².